The minimum absolute atomic E-state index is 0.726. The maximum atomic E-state index is 3.66. The second kappa shape index (κ2) is 5.75. The van der Waals surface area contributed by atoms with E-state index in [1.54, 1.807) is 0 Å². The van der Waals surface area contributed by atoms with Gasteiger partial charge in [-0.3, -0.25) is 0 Å². The maximum absolute atomic E-state index is 3.66. The molecule has 1 unspecified atom stereocenters. The molecule has 100 valence electrons. The van der Waals surface area contributed by atoms with Crippen LogP contribution in [-0.2, 0) is 6.42 Å². The molecule has 1 heteroatoms. The van der Waals surface area contributed by atoms with Gasteiger partial charge in [0.05, 0.1) is 0 Å². The molecule has 1 saturated carbocycles. The van der Waals surface area contributed by atoms with Crippen molar-refractivity contribution < 1.29 is 0 Å². The van der Waals surface area contributed by atoms with Crippen molar-refractivity contribution in [3.63, 3.8) is 0 Å². The molecule has 0 bridgehead atoms. The van der Waals surface area contributed by atoms with Crippen LogP contribution >= 0.6 is 0 Å². The lowest BCUT2D eigenvalue weighted by molar-refractivity contribution is 0.447. The Morgan fingerprint density at radius 3 is 2.68 bits per heavy atom. The molecule has 0 radical (unpaired) electrons. The lowest BCUT2D eigenvalue weighted by Gasteiger charge is -2.17. The van der Waals surface area contributed by atoms with Crippen LogP contribution in [0.5, 0.6) is 0 Å². The number of hydrogen-bond donors (Lipinski definition) is 1. The summed E-state index contributed by atoms with van der Waals surface area (Å²) in [6.07, 6.45) is 5.31. The Morgan fingerprint density at radius 2 is 1.89 bits per heavy atom. The van der Waals surface area contributed by atoms with Crippen LogP contribution in [0.4, 0.5) is 0 Å². The fourth-order valence-electron chi connectivity index (χ4n) is 3.09. The highest BCUT2D eigenvalue weighted by Gasteiger charge is 2.30. The molecule has 2 aromatic rings. The largest absolute Gasteiger partial charge is 0.314 e. The van der Waals surface area contributed by atoms with Crippen molar-refractivity contribution in [2.24, 2.45) is 5.92 Å². The van der Waals surface area contributed by atoms with Crippen LogP contribution in [0, 0.1) is 5.92 Å². The van der Waals surface area contributed by atoms with Gasteiger partial charge in [0, 0.05) is 6.04 Å². The van der Waals surface area contributed by atoms with E-state index in [-0.39, 0.29) is 0 Å². The van der Waals surface area contributed by atoms with Crippen LogP contribution in [0.2, 0.25) is 0 Å². The number of nitrogens with one attached hydrogen (secondary N) is 1. The van der Waals surface area contributed by atoms with E-state index in [0.29, 0.717) is 0 Å². The lowest BCUT2D eigenvalue weighted by atomic mass is 9.97. The predicted molar refractivity (Wildman–Crippen MR) is 82.5 cm³/mol. The second-order valence-electron chi connectivity index (χ2n) is 5.68. The van der Waals surface area contributed by atoms with E-state index in [2.05, 4.69) is 54.7 Å². The molecule has 1 aliphatic carbocycles. The highest BCUT2D eigenvalue weighted by molar-refractivity contribution is 5.85. The van der Waals surface area contributed by atoms with E-state index in [9.17, 15) is 0 Å². The summed E-state index contributed by atoms with van der Waals surface area (Å²) >= 11 is 0. The van der Waals surface area contributed by atoms with Gasteiger partial charge in [-0.2, -0.15) is 0 Å². The first kappa shape index (κ1) is 12.7. The minimum Gasteiger partial charge on any atom is -0.314 e. The second-order valence-corrected chi connectivity index (χ2v) is 5.68. The Balaban J connectivity index is 1.74. The summed E-state index contributed by atoms with van der Waals surface area (Å²) in [5.41, 5.74) is 1.50. The van der Waals surface area contributed by atoms with E-state index < -0.39 is 0 Å². The quantitative estimate of drug-likeness (QED) is 0.815. The van der Waals surface area contributed by atoms with E-state index in [4.69, 9.17) is 0 Å². The number of fused-ring (bicyclic) bond motifs is 1. The van der Waals surface area contributed by atoms with Crippen LogP contribution in [-0.4, -0.2) is 12.6 Å². The smallest absolute Gasteiger partial charge is 0.00983 e. The summed E-state index contributed by atoms with van der Waals surface area (Å²) < 4.78 is 0. The van der Waals surface area contributed by atoms with Crippen molar-refractivity contribution in [1.82, 2.24) is 5.32 Å². The highest BCUT2D eigenvalue weighted by atomic mass is 14.9. The van der Waals surface area contributed by atoms with Crippen LogP contribution in [0.1, 0.15) is 31.7 Å². The van der Waals surface area contributed by atoms with Gasteiger partial charge in [0.2, 0.25) is 0 Å². The molecule has 0 spiro atoms. The highest BCUT2D eigenvalue weighted by Crippen LogP contribution is 2.34. The zero-order valence-corrected chi connectivity index (χ0v) is 11.7. The molecule has 19 heavy (non-hydrogen) atoms. The zero-order chi connectivity index (χ0) is 13.1. The number of rotatable bonds is 6. The van der Waals surface area contributed by atoms with Gasteiger partial charge in [0.25, 0.3) is 0 Å². The van der Waals surface area contributed by atoms with E-state index in [1.165, 1.54) is 42.0 Å². The average molecular weight is 253 g/mol. The third-order valence-corrected chi connectivity index (χ3v) is 4.26. The molecular weight excluding hydrogens is 230 g/mol. The van der Waals surface area contributed by atoms with E-state index in [0.717, 1.165) is 18.5 Å². The minimum atomic E-state index is 0.726. The van der Waals surface area contributed by atoms with Crippen molar-refractivity contribution in [2.75, 3.05) is 6.54 Å². The van der Waals surface area contributed by atoms with Gasteiger partial charge < -0.3 is 5.32 Å². The van der Waals surface area contributed by atoms with Crippen molar-refractivity contribution in [2.45, 2.75) is 38.6 Å². The Bertz CT molecular complexity index is 537. The fourth-order valence-corrected chi connectivity index (χ4v) is 3.09. The molecule has 1 aliphatic rings. The van der Waals surface area contributed by atoms with Gasteiger partial charge in [-0.25, -0.2) is 0 Å². The molecule has 0 aliphatic heterocycles. The van der Waals surface area contributed by atoms with Crippen LogP contribution in [0.15, 0.2) is 42.5 Å². The third kappa shape index (κ3) is 2.98. The van der Waals surface area contributed by atoms with Crippen molar-refractivity contribution in [3.8, 4) is 0 Å². The molecule has 1 N–H and O–H groups in total. The number of benzene rings is 2. The van der Waals surface area contributed by atoms with Crippen LogP contribution in [0.3, 0.4) is 0 Å². The lowest BCUT2D eigenvalue weighted by Crippen LogP contribution is -2.31. The molecule has 0 amide bonds. The maximum Gasteiger partial charge on any atom is 0.00983 e. The first-order chi connectivity index (χ1) is 9.38. The normalized spacial score (nSPS) is 16.7. The van der Waals surface area contributed by atoms with Gasteiger partial charge in [-0.05, 0) is 54.5 Å². The van der Waals surface area contributed by atoms with Gasteiger partial charge in [-0.15, -0.1) is 0 Å². The van der Waals surface area contributed by atoms with Crippen LogP contribution < -0.4 is 5.32 Å². The fraction of sp³-hybridized carbons (Fsp3) is 0.444. The molecule has 1 atom stereocenters. The Labute approximate surface area is 116 Å². The van der Waals surface area contributed by atoms with Gasteiger partial charge in [-0.1, -0.05) is 49.4 Å². The van der Waals surface area contributed by atoms with Crippen molar-refractivity contribution in [3.05, 3.63) is 48.0 Å². The molecule has 1 nitrogen and oxygen atoms in total. The monoisotopic (exact) mass is 253 g/mol. The van der Waals surface area contributed by atoms with Crippen LogP contribution in [0.25, 0.3) is 10.8 Å². The molecule has 0 saturated heterocycles. The van der Waals surface area contributed by atoms with Gasteiger partial charge in [0.1, 0.15) is 0 Å². The first-order valence-electron chi connectivity index (χ1n) is 7.58. The molecular formula is C18H23N. The topological polar surface area (TPSA) is 12.0 Å². The summed E-state index contributed by atoms with van der Waals surface area (Å²) in [5, 5.41) is 6.46. The standard InChI is InChI=1S/C18H23N/c1-2-19-18(16-10-11-16)13-12-15-8-5-7-14-6-3-4-9-17(14)15/h3-9,16,18-19H,2,10-13H2,1H3. The summed E-state index contributed by atoms with van der Waals surface area (Å²) in [7, 11) is 0. The third-order valence-electron chi connectivity index (χ3n) is 4.26. The first-order valence-corrected chi connectivity index (χ1v) is 7.58. The number of aryl methyl sites for hydroxylation is 1. The zero-order valence-electron chi connectivity index (χ0n) is 11.7. The van der Waals surface area contributed by atoms with Gasteiger partial charge in [0.15, 0.2) is 0 Å². The SMILES string of the molecule is CCNC(CCc1cccc2ccccc12)C1CC1. The van der Waals surface area contributed by atoms with E-state index >= 15 is 0 Å². The summed E-state index contributed by atoms with van der Waals surface area (Å²) in [5.74, 6) is 0.940. The molecule has 0 aromatic heterocycles. The number of hydrogen-bond acceptors (Lipinski definition) is 1. The molecule has 2 aromatic carbocycles. The molecule has 3 rings (SSSR count). The average Bonchev–Trinajstić information content (AvgIpc) is 3.28. The summed E-state index contributed by atoms with van der Waals surface area (Å²) in [6.45, 7) is 3.31. The molecule has 1 fully saturated rings. The summed E-state index contributed by atoms with van der Waals surface area (Å²) in [4.78, 5) is 0. The predicted octanol–water partition coefficient (Wildman–Crippen LogP) is 4.16. The Kier molecular flexibility index (Phi) is 3.84. The van der Waals surface area contributed by atoms with E-state index in [1.807, 2.05) is 0 Å². The van der Waals surface area contributed by atoms with Crippen molar-refractivity contribution in [1.29, 1.82) is 0 Å². The summed E-state index contributed by atoms with van der Waals surface area (Å²) in [6, 6.07) is 16.2. The van der Waals surface area contributed by atoms with Crippen molar-refractivity contribution >= 4 is 10.8 Å². The van der Waals surface area contributed by atoms with Gasteiger partial charge >= 0.3 is 0 Å². The Morgan fingerprint density at radius 1 is 1.11 bits per heavy atom. The Hall–Kier alpha value is -1.34. The molecule has 0 heterocycles.